The van der Waals surface area contributed by atoms with Gasteiger partial charge in [0.05, 0.1) is 0 Å². The van der Waals surface area contributed by atoms with E-state index in [1.54, 1.807) is 0 Å². The highest BCUT2D eigenvalue weighted by Crippen LogP contribution is 2.67. The first-order valence-electron chi connectivity index (χ1n) is 6.95. The second-order valence-electron chi connectivity index (χ2n) is 6.90. The molecule has 0 aromatic heterocycles. The molecule has 1 aliphatic carbocycles. The monoisotopic (exact) mass is 274 g/mol. The first kappa shape index (κ1) is 14.5. The van der Waals surface area contributed by atoms with Crippen molar-refractivity contribution in [3.05, 3.63) is 0 Å². The van der Waals surface area contributed by atoms with E-state index >= 15 is 0 Å². The van der Waals surface area contributed by atoms with E-state index in [-0.39, 0.29) is 5.41 Å². The van der Waals surface area contributed by atoms with Crippen LogP contribution in [0, 0.1) is 5.41 Å². The molecule has 1 saturated heterocycles. The molecule has 2 aliphatic rings. The van der Waals surface area contributed by atoms with Gasteiger partial charge in [0.1, 0.15) is 5.85 Å². The molecular weight excluding hydrogens is 247 g/mol. The molecule has 0 aromatic carbocycles. The van der Waals surface area contributed by atoms with E-state index in [4.69, 9.17) is 0 Å². The second-order valence-corrected chi connectivity index (χ2v) is 9.82. The Bertz CT molecular complexity index is 344. The fourth-order valence-electron chi connectivity index (χ4n) is 3.46. The van der Waals surface area contributed by atoms with E-state index in [0.717, 1.165) is 12.8 Å². The van der Waals surface area contributed by atoms with Gasteiger partial charge in [-0.25, -0.2) is 9.34 Å². The lowest BCUT2D eigenvalue weighted by atomic mass is 9.91. The third-order valence-electron chi connectivity index (χ3n) is 4.65. The van der Waals surface area contributed by atoms with E-state index in [1.807, 2.05) is 44.2 Å². The lowest BCUT2D eigenvalue weighted by molar-refractivity contribution is 0.118. The van der Waals surface area contributed by atoms with Gasteiger partial charge in [-0.05, 0) is 32.4 Å². The Balaban J connectivity index is 2.35. The summed E-state index contributed by atoms with van der Waals surface area (Å²) in [6.45, 7) is 5.88. The smallest absolute Gasteiger partial charge is 0.244 e. The van der Waals surface area contributed by atoms with Crippen LogP contribution < -0.4 is 0 Å². The Morgan fingerprint density at radius 1 is 1.11 bits per heavy atom. The van der Waals surface area contributed by atoms with Crippen molar-refractivity contribution in [2.75, 3.05) is 14.1 Å². The first-order chi connectivity index (χ1) is 8.20. The molecule has 0 radical (unpaired) electrons. The zero-order valence-corrected chi connectivity index (χ0v) is 13.2. The number of aliphatic hydroxyl groups is 1. The molecule has 2 rings (SSSR count). The largest absolute Gasteiger partial charge is 0.382 e. The van der Waals surface area contributed by atoms with Crippen molar-refractivity contribution < 1.29 is 9.67 Å². The molecule has 2 fully saturated rings. The van der Waals surface area contributed by atoms with Gasteiger partial charge >= 0.3 is 0 Å². The number of hydrogen-bond donors (Lipinski definition) is 1. The van der Waals surface area contributed by atoms with Crippen LogP contribution in [0.25, 0.3) is 0 Å². The predicted octanol–water partition coefficient (Wildman–Crippen LogP) is 2.73. The van der Waals surface area contributed by atoms with Crippen LogP contribution in [0.15, 0.2) is 0 Å². The molecule has 0 amide bonds. The van der Waals surface area contributed by atoms with Crippen molar-refractivity contribution >= 4 is 7.44 Å². The lowest BCUT2D eigenvalue weighted by Crippen LogP contribution is -2.37. The van der Waals surface area contributed by atoms with Crippen molar-refractivity contribution in [3.8, 4) is 0 Å². The Labute approximate surface area is 111 Å². The van der Waals surface area contributed by atoms with Crippen LogP contribution in [0.2, 0.25) is 0 Å². The average Bonchev–Trinajstić information content (AvgIpc) is 2.51. The predicted molar refractivity (Wildman–Crippen MR) is 74.6 cm³/mol. The van der Waals surface area contributed by atoms with Gasteiger partial charge in [-0.1, -0.05) is 33.6 Å². The second kappa shape index (κ2) is 4.59. The highest BCUT2D eigenvalue weighted by atomic mass is 31.2. The van der Waals surface area contributed by atoms with Gasteiger partial charge in [0.15, 0.2) is 0 Å². The summed E-state index contributed by atoms with van der Waals surface area (Å²) in [7, 11) is 1.02. The summed E-state index contributed by atoms with van der Waals surface area (Å²) in [6.07, 6.45) is 4.63. The summed E-state index contributed by atoms with van der Waals surface area (Å²) in [5.41, 5.74) is -0.356. The lowest BCUT2D eigenvalue weighted by Gasteiger charge is -2.37. The van der Waals surface area contributed by atoms with Crippen molar-refractivity contribution in [2.45, 2.75) is 64.4 Å². The Kier molecular flexibility index (Phi) is 3.70. The number of aliphatic hydroxyl groups excluding tert-OH is 1. The van der Waals surface area contributed by atoms with E-state index in [2.05, 4.69) is 0 Å². The first-order valence-corrected chi connectivity index (χ1v) is 8.63. The molecule has 0 spiro atoms. The van der Waals surface area contributed by atoms with Crippen LogP contribution in [0.4, 0.5) is 0 Å². The van der Waals surface area contributed by atoms with Crippen LogP contribution in [0.3, 0.4) is 0 Å². The van der Waals surface area contributed by atoms with Gasteiger partial charge in [-0.15, -0.1) is 0 Å². The highest BCUT2D eigenvalue weighted by molar-refractivity contribution is 7.60. The number of hydrogen-bond acceptors (Lipinski definition) is 2. The standard InChI is InChI=1S/C13H27N2O2P/c1-13(2,3)12(16)18(17)14(4)10-8-6-7-9-11(10)15(18)5/h10-12,16H,6-9H2,1-5H3/t10-,11-,12?/m1/s1. The summed E-state index contributed by atoms with van der Waals surface area (Å²) >= 11 is 0. The summed E-state index contributed by atoms with van der Waals surface area (Å²) in [5, 5.41) is 10.6. The van der Waals surface area contributed by atoms with Gasteiger partial charge < -0.3 is 5.11 Å². The minimum atomic E-state index is -2.85. The van der Waals surface area contributed by atoms with Crippen LogP contribution in [0.5, 0.6) is 0 Å². The van der Waals surface area contributed by atoms with Crippen molar-refractivity contribution in [1.29, 1.82) is 0 Å². The molecule has 1 unspecified atom stereocenters. The summed E-state index contributed by atoms with van der Waals surface area (Å²) < 4.78 is 17.4. The molecule has 1 N–H and O–H groups in total. The fourth-order valence-corrected chi connectivity index (χ4v) is 6.99. The fraction of sp³-hybridized carbons (Fsp3) is 1.00. The van der Waals surface area contributed by atoms with E-state index in [1.165, 1.54) is 12.8 Å². The van der Waals surface area contributed by atoms with Crippen LogP contribution in [0.1, 0.15) is 46.5 Å². The number of fused-ring (bicyclic) bond motifs is 1. The SMILES string of the molecule is CN1[C@@H]2CCCC[C@H]2N(C)P1(=O)C(O)C(C)(C)C. The normalized spacial score (nSPS) is 35.4. The summed E-state index contributed by atoms with van der Waals surface area (Å²) in [4.78, 5) is 0. The van der Waals surface area contributed by atoms with Crippen LogP contribution in [-0.4, -0.2) is 46.5 Å². The van der Waals surface area contributed by atoms with Crippen molar-refractivity contribution in [1.82, 2.24) is 9.34 Å². The molecule has 0 aromatic rings. The molecule has 18 heavy (non-hydrogen) atoms. The topological polar surface area (TPSA) is 43.8 Å². The Morgan fingerprint density at radius 2 is 1.50 bits per heavy atom. The molecule has 106 valence electrons. The van der Waals surface area contributed by atoms with E-state index in [9.17, 15) is 9.67 Å². The molecule has 1 heterocycles. The molecule has 3 atom stereocenters. The van der Waals surface area contributed by atoms with E-state index < -0.39 is 13.3 Å². The third kappa shape index (κ3) is 1.98. The molecule has 1 aliphatic heterocycles. The molecule has 0 bridgehead atoms. The molecular formula is C13H27N2O2P. The van der Waals surface area contributed by atoms with Gasteiger partial charge in [0.25, 0.3) is 0 Å². The molecule has 5 heteroatoms. The highest BCUT2D eigenvalue weighted by Gasteiger charge is 2.57. The van der Waals surface area contributed by atoms with Crippen LogP contribution >= 0.6 is 7.44 Å². The Morgan fingerprint density at radius 3 is 1.83 bits per heavy atom. The van der Waals surface area contributed by atoms with Gasteiger partial charge in [-0.3, -0.25) is 4.57 Å². The number of rotatable bonds is 1. The maximum atomic E-state index is 13.4. The zero-order chi connectivity index (χ0) is 13.7. The minimum absolute atomic E-state index is 0.353. The number of likely N-dealkylation sites (N-methyl/N-ethyl adjacent to an activating group) is 2. The molecule has 1 saturated carbocycles. The quantitative estimate of drug-likeness (QED) is 0.747. The van der Waals surface area contributed by atoms with Gasteiger partial charge in [0.2, 0.25) is 7.44 Å². The Hall–Kier alpha value is 0.110. The molecule has 4 nitrogen and oxygen atoms in total. The minimum Gasteiger partial charge on any atom is -0.382 e. The van der Waals surface area contributed by atoms with Crippen molar-refractivity contribution in [2.24, 2.45) is 5.41 Å². The maximum Gasteiger partial charge on any atom is 0.244 e. The number of nitrogens with zero attached hydrogens (tertiary/aromatic N) is 2. The van der Waals surface area contributed by atoms with Crippen LogP contribution in [-0.2, 0) is 4.57 Å². The van der Waals surface area contributed by atoms with Gasteiger partial charge in [0, 0.05) is 12.1 Å². The van der Waals surface area contributed by atoms with Crippen molar-refractivity contribution in [3.63, 3.8) is 0 Å². The third-order valence-corrected chi connectivity index (χ3v) is 8.46. The maximum absolute atomic E-state index is 13.4. The average molecular weight is 274 g/mol. The zero-order valence-electron chi connectivity index (χ0n) is 12.3. The summed E-state index contributed by atoms with van der Waals surface area (Å²) in [5.74, 6) is -0.786. The van der Waals surface area contributed by atoms with Gasteiger partial charge in [-0.2, -0.15) is 0 Å². The summed E-state index contributed by atoms with van der Waals surface area (Å²) in [6, 6.07) is 0.707. The van der Waals surface area contributed by atoms with E-state index in [0.29, 0.717) is 12.1 Å².